The maximum absolute atomic E-state index is 5.64. The number of furan rings is 1. The van der Waals surface area contributed by atoms with Crippen molar-refractivity contribution in [1.29, 1.82) is 0 Å². The third-order valence-electron chi connectivity index (χ3n) is 2.13. The maximum atomic E-state index is 5.64. The van der Waals surface area contributed by atoms with Crippen molar-refractivity contribution in [3.05, 3.63) is 30.0 Å². The molecule has 0 spiro atoms. The predicted molar refractivity (Wildman–Crippen MR) is 55.5 cm³/mol. The van der Waals surface area contributed by atoms with E-state index in [-0.39, 0.29) is 0 Å². The zero-order valence-electron chi connectivity index (χ0n) is 8.33. The molecule has 0 atom stereocenters. The molecule has 0 aliphatic rings. The van der Waals surface area contributed by atoms with Crippen molar-refractivity contribution in [2.24, 2.45) is 0 Å². The summed E-state index contributed by atoms with van der Waals surface area (Å²) >= 11 is 0. The highest BCUT2D eigenvalue weighted by Gasteiger charge is 2.07. The molecular weight excluding hydrogens is 178 g/mol. The Kier molecular flexibility index (Phi) is 2.41. The summed E-state index contributed by atoms with van der Waals surface area (Å²) in [5, 5.41) is 4.13. The Balaban J connectivity index is 2.52. The summed E-state index contributed by atoms with van der Waals surface area (Å²) in [6, 6.07) is 7.89. The molecule has 1 N–H and O–H groups in total. The minimum atomic E-state index is 0.734. The first-order valence-electron chi connectivity index (χ1n) is 4.55. The second-order valence-corrected chi connectivity index (χ2v) is 3.12. The largest absolute Gasteiger partial charge is 0.493 e. The molecule has 0 radical (unpaired) electrons. The summed E-state index contributed by atoms with van der Waals surface area (Å²) in [4.78, 5) is 0. The van der Waals surface area contributed by atoms with Crippen LogP contribution in [0.15, 0.2) is 28.7 Å². The first kappa shape index (κ1) is 9.09. The molecule has 1 heterocycles. The van der Waals surface area contributed by atoms with Gasteiger partial charge in [0, 0.05) is 5.39 Å². The molecule has 0 bridgehead atoms. The fourth-order valence-corrected chi connectivity index (χ4v) is 1.51. The molecule has 0 aliphatic heterocycles. The van der Waals surface area contributed by atoms with E-state index < -0.39 is 0 Å². The summed E-state index contributed by atoms with van der Waals surface area (Å²) in [5.74, 6) is 1.71. The molecule has 2 rings (SSSR count). The van der Waals surface area contributed by atoms with Gasteiger partial charge in [0.1, 0.15) is 5.76 Å². The number of nitrogens with one attached hydrogen (secondary N) is 1. The number of hydrogen-bond donors (Lipinski definition) is 1. The number of ether oxygens (including phenoxy) is 1. The van der Waals surface area contributed by atoms with E-state index >= 15 is 0 Å². The Morgan fingerprint density at radius 2 is 2.29 bits per heavy atom. The zero-order valence-corrected chi connectivity index (χ0v) is 8.33. The summed E-state index contributed by atoms with van der Waals surface area (Å²) in [6.07, 6.45) is 0. The highest BCUT2D eigenvalue weighted by molar-refractivity contribution is 5.83. The molecule has 0 unspecified atom stereocenters. The number of hydrogen-bond acceptors (Lipinski definition) is 3. The normalized spacial score (nSPS) is 10.7. The van der Waals surface area contributed by atoms with Crippen molar-refractivity contribution >= 4 is 11.0 Å². The fourth-order valence-electron chi connectivity index (χ4n) is 1.51. The van der Waals surface area contributed by atoms with Gasteiger partial charge < -0.3 is 14.5 Å². The van der Waals surface area contributed by atoms with Crippen LogP contribution in [-0.4, -0.2) is 14.2 Å². The molecule has 0 saturated carbocycles. The van der Waals surface area contributed by atoms with Gasteiger partial charge in [-0.2, -0.15) is 0 Å². The van der Waals surface area contributed by atoms with Gasteiger partial charge in [-0.25, -0.2) is 0 Å². The molecule has 2 aromatic rings. The fraction of sp³-hybridized carbons (Fsp3) is 0.273. The number of fused-ring (bicyclic) bond motifs is 1. The van der Waals surface area contributed by atoms with Gasteiger partial charge >= 0.3 is 0 Å². The molecule has 0 amide bonds. The second-order valence-electron chi connectivity index (χ2n) is 3.12. The van der Waals surface area contributed by atoms with Gasteiger partial charge in [0.05, 0.1) is 13.7 Å². The van der Waals surface area contributed by atoms with Crippen LogP contribution < -0.4 is 10.1 Å². The highest BCUT2D eigenvalue weighted by atomic mass is 16.5. The number of para-hydroxylation sites is 1. The van der Waals surface area contributed by atoms with Crippen LogP contribution in [0.2, 0.25) is 0 Å². The molecule has 14 heavy (non-hydrogen) atoms. The van der Waals surface area contributed by atoms with Gasteiger partial charge in [0.25, 0.3) is 0 Å². The van der Waals surface area contributed by atoms with E-state index in [9.17, 15) is 0 Å². The van der Waals surface area contributed by atoms with E-state index in [4.69, 9.17) is 9.15 Å². The van der Waals surface area contributed by atoms with Crippen LogP contribution in [0.25, 0.3) is 11.0 Å². The van der Waals surface area contributed by atoms with Crippen LogP contribution in [0.4, 0.5) is 0 Å². The van der Waals surface area contributed by atoms with Crippen LogP contribution in [-0.2, 0) is 6.54 Å². The summed E-state index contributed by atoms with van der Waals surface area (Å²) in [5.41, 5.74) is 0.820. The van der Waals surface area contributed by atoms with E-state index in [0.717, 1.165) is 29.0 Å². The van der Waals surface area contributed by atoms with E-state index in [1.54, 1.807) is 7.11 Å². The van der Waals surface area contributed by atoms with E-state index in [1.807, 2.05) is 31.3 Å². The van der Waals surface area contributed by atoms with Gasteiger partial charge in [0.2, 0.25) is 0 Å². The second kappa shape index (κ2) is 3.72. The van der Waals surface area contributed by atoms with Crippen molar-refractivity contribution in [3.63, 3.8) is 0 Å². The van der Waals surface area contributed by atoms with Crippen LogP contribution in [0.3, 0.4) is 0 Å². The summed E-state index contributed by atoms with van der Waals surface area (Å²) < 4.78 is 10.8. The minimum absolute atomic E-state index is 0.734. The van der Waals surface area contributed by atoms with Gasteiger partial charge in [-0.15, -0.1) is 0 Å². The maximum Gasteiger partial charge on any atom is 0.176 e. The van der Waals surface area contributed by atoms with E-state index in [1.165, 1.54) is 0 Å². The first-order chi connectivity index (χ1) is 6.85. The quantitative estimate of drug-likeness (QED) is 0.807. The van der Waals surface area contributed by atoms with E-state index in [0.29, 0.717) is 0 Å². The lowest BCUT2D eigenvalue weighted by Crippen LogP contribution is -2.03. The first-order valence-corrected chi connectivity index (χ1v) is 4.55. The van der Waals surface area contributed by atoms with Crippen molar-refractivity contribution in [2.75, 3.05) is 14.2 Å². The SMILES string of the molecule is CNCc1cc2cccc(OC)c2o1. The number of benzene rings is 1. The number of methoxy groups -OCH3 is 1. The van der Waals surface area contributed by atoms with Crippen LogP contribution in [0, 0.1) is 0 Å². The predicted octanol–water partition coefficient (Wildman–Crippen LogP) is 2.16. The summed E-state index contributed by atoms with van der Waals surface area (Å²) in [6.45, 7) is 0.734. The topological polar surface area (TPSA) is 34.4 Å². The monoisotopic (exact) mass is 191 g/mol. The van der Waals surface area contributed by atoms with Gasteiger partial charge in [-0.05, 0) is 19.2 Å². The van der Waals surface area contributed by atoms with Crippen molar-refractivity contribution < 1.29 is 9.15 Å². The molecule has 0 saturated heterocycles. The Hall–Kier alpha value is -1.48. The zero-order chi connectivity index (χ0) is 9.97. The Morgan fingerprint density at radius 1 is 1.43 bits per heavy atom. The van der Waals surface area contributed by atoms with Crippen LogP contribution in [0.1, 0.15) is 5.76 Å². The average Bonchev–Trinajstić information content (AvgIpc) is 2.60. The standard InChI is InChI=1S/C11H13NO2/c1-12-7-9-6-8-4-3-5-10(13-2)11(8)14-9/h3-6,12H,7H2,1-2H3. The van der Waals surface area contributed by atoms with Gasteiger partial charge in [-0.3, -0.25) is 0 Å². The molecule has 0 fully saturated rings. The van der Waals surface area contributed by atoms with Crippen molar-refractivity contribution in [1.82, 2.24) is 5.32 Å². The molecular formula is C11H13NO2. The van der Waals surface area contributed by atoms with Crippen LogP contribution in [0.5, 0.6) is 5.75 Å². The molecule has 74 valence electrons. The minimum Gasteiger partial charge on any atom is -0.493 e. The van der Waals surface area contributed by atoms with Crippen LogP contribution >= 0.6 is 0 Å². The molecule has 3 heteroatoms. The molecule has 1 aromatic heterocycles. The van der Waals surface area contributed by atoms with E-state index in [2.05, 4.69) is 5.32 Å². The molecule has 0 aliphatic carbocycles. The van der Waals surface area contributed by atoms with Crippen molar-refractivity contribution in [3.8, 4) is 5.75 Å². The van der Waals surface area contributed by atoms with Gasteiger partial charge in [0.15, 0.2) is 11.3 Å². The average molecular weight is 191 g/mol. The Morgan fingerprint density at radius 3 is 3.00 bits per heavy atom. The van der Waals surface area contributed by atoms with Crippen molar-refractivity contribution in [2.45, 2.75) is 6.54 Å². The Labute approximate surface area is 82.7 Å². The smallest absolute Gasteiger partial charge is 0.176 e. The highest BCUT2D eigenvalue weighted by Crippen LogP contribution is 2.28. The third kappa shape index (κ3) is 1.46. The lowest BCUT2D eigenvalue weighted by molar-refractivity contribution is 0.407. The third-order valence-corrected chi connectivity index (χ3v) is 2.13. The Bertz CT molecular complexity index is 434. The van der Waals surface area contributed by atoms with Gasteiger partial charge in [-0.1, -0.05) is 12.1 Å². The summed E-state index contributed by atoms with van der Waals surface area (Å²) in [7, 11) is 3.54. The number of rotatable bonds is 3. The molecule has 3 nitrogen and oxygen atoms in total. The molecule has 1 aromatic carbocycles. The lowest BCUT2D eigenvalue weighted by Gasteiger charge is -1.98. The lowest BCUT2D eigenvalue weighted by atomic mass is 10.2.